The van der Waals surface area contributed by atoms with E-state index in [1.54, 1.807) is 0 Å². The average molecular weight is 203 g/mol. The van der Waals surface area contributed by atoms with Gasteiger partial charge in [-0.25, -0.2) is 0 Å². The second-order valence-electron chi connectivity index (χ2n) is 2.84. The Morgan fingerprint density at radius 1 is 1.43 bits per heavy atom. The number of hydrogen-bond acceptors (Lipinski definition) is 4. The van der Waals surface area contributed by atoms with Crippen molar-refractivity contribution in [1.29, 1.82) is 0 Å². The number of amides is 2. The first-order valence-corrected chi connectivity index (χ1v) is 3.88. The lowest BCUT2D eigenvalue weighted by Crippen LogP contribution is -2.52. The van der Waals surface area contributed by atoms with E-state index in [2.05, 4.69) is 5.32 Å². The molecular weight excluding hydrogens is 190 g/mol. The van der Waals surface area contributed by atoms with Crippen LogP contribution in [0.25, 0.3) is 0 Å². The highest BCUT2D eigenvalue weighted by molar-refractivity contribution is 5.81. The van der Waals surface area contributed by atoms with Gasteiger partial charge in [0.25, 0.3) is 0 Å². The minimum absolute atomic E-state index is 0.299. The molecular formula is C7H13N3O4. The monoisotopic (exact) mass is 203 g/mol. The molecule has 0 aromatic carbocycles. The van der Waals surface area contributed by atoms with E-state index in [0.717, 1.165) is 0 Å². The second-order valence-corrected chi connectivity index (χ2v) is 2.84. The van der Waals surface area contributed by atoms with E-state index >= 15 is 0 Å². The molecule has 80 valence electrons. The molecule has 7 nitrogen and oxygen atoms in total. The van der Waals surface area contributed by atoms with Crippen LogP contribution in [0.1, 0.15) is 13.3 Å². The Labute approximate surface area is 80.4 Å². The van der Waals surface area contributed by atoms with Crippen LogP contribution in [0.4, 0.5) is 0 Å². The summed E-state index contributed by atoms with van der Waals surface area (Å²) in [5.41, 5.74) is 10.1. The molecule has 0 heterocycles. The quantitative estimate of drug-likeness (QED) is 0.401. The van der Waals surface area contributed by atoms with Gasteiger partial charge in [0.2, 0.25) is 11.8 Å². The van der Waals surface area contributed by atoms with Crippen LogP contribution in [0, 0.1) is 0 Å². The van der Waals surface area contributed by atoms with Crippen molar-refractivity contribution in [3.63, 3.8) is 0 Å². The molecule has 0 aliphatic carbocycles. The fourth-order valence-corrected chi connectivity index (χ4v) is 0.918. The summed E-state index contributed by atoms with van der Waals surface area (Å²) in [6.45, 7) is 1.20. The van der Waals surface area contributed by atoms with Gasteiger partial charge in [-0.1, -0.05) is 0 Å². The molecule has 0 aliphatic heterocycles. The predicted molar refractivity (Wildman–Crippen MR) is 47.0 cm³/mol. The van der Waals surface area contributed by atoms with E-state index in [-0.39, 0.29) is 6.42 Å². The number of carboxylic acids is 1. The molecule has 6 N–H and O–H groups in total. The summed E-state index contributed by atoms with van der Waals surface area (Å²) in [5.74, 6) is -2.49. The largest absolute Gasteiger partial charge is 0.480 e. The van der Waals surface area contributed by atoms with Crippen LogP contribution in [0.5, 0.6) is 0 Å². The molecule has 14 heavy (non-hydrogen) atoms. The summed E-state index contributed by atoms with van der Waals surface area (Å²) in [4.78, 5) is 31.7. The van der Waals surface area contributed by atoms with Gasteiger partial charge in [-0.05, 0) is 0 Å². The minimum atomic E-state index is -1.34. The lowest BCUT2D eigenvalue weighted by molar-refractivity contribution is -0.139. The van der Waals surface area contributed by atoms with Crippen LogP contribution in [-0.2, 0) is 14.4 Å². The standard InChI is InChI=1S/C7H13N3O4/c1-3(11)10-4(2-5(8)12)6(9)7(13)14/h4,6H,2,9H2,1H3,(H2,8,12)(H,10,11)(H,13,14)/t4?,6-/m1/s1. The number of nitrogens with one attached hydrogen (secondary N) is 1. The number of nitrogens with two attached hydrogens (primary N) is 2. The Bertz CT molecular complexity index is 237. The molecule has 0 aromatic heterocycles. The average Bonchev–Trinajstić information content (AvgIpc) is 1.99. The zero-order valence-corrected chi connectivity index (χ0v) is 7.69. The first-order chi connectivity index (χ1) is 6.34. The Kier molecular flexibility index (Phi) is 4.57. The smallest absolute Gasteiger partial charge is 0.322 e. The third kappa shape index (κ3) is 4.41. The van der Waals surface area contributed by atoms with Crippen LogP contribution >= 0.6 is 0 Å². The number of primary amides is 1. The van der Waals surface area contributed by atoms with Crippen molar-refractivity contribution in [2.24, 2.45) is 11.5 Å². The van der Waals surface area contributed by atoms with Crippen LogP contribution in [0.3, 0.4) is 0 Å². The number of carbonyl (C=O) groups is 3. The van der Waals surface area contributed by atoms with Gasteiger partial charge in [-0.3, -0.25) is 14.4 Å². The fourth-order valence-electron chi connectivity index (χ4n) is 0.918. The molecule has 0 saturated heterocycles. The molecule has 1 unspecified atom stereocenters. The SMILES string of the molecule is CC(=O)NC(CC(N)=O)[C@@H](N)C(=O)O. The summed E-state index contributed by atoms with van der Waals surface area (Å²) >= 11 is 0. The normalized spacial score (nSPS) is 14.1. The molecule has 0 spiro atoms. The molecule has 0 fully saturated rings. The summed E-state index contributed by atoms with van der Waals surface area (Å²) < 4.78 is 0. The summed E-state index contributed by atoms with van der Waals surface area (Å²) in [6, 6.07) is -2.31. The first-order valence-electron chi connectivity index (χ1n) is 3.88. The van der Waals surface area contributed by atoms with Crippen molar-refractivity contribution in [3.8, 4) is 0 Å². The number of rotatable bonds is 5. The van der Waals surface area contributed by atoms with Crippen molar-refractivity contribution in [2.75, 3.05) is 0 Å². The molecule has 7 heteroatoms. The number of hydrogen-bond donors (Lipinski definition) is 4. The van der Waals surface area contributed by atoms with Gasteiger partial charge < -0.3 is 21.9 Å². The summed E-state index contributed by atoms with van der Waals surface area (Å²) in [7, 11) is 0. The predicted octanol–water partition coefficient (Wildman–Crippen LogP) is -2.22. The van der Waals surface area contributed by atoms with Crippen molar-refractivity contribution >= 4 is 17.8 Å². The Morgan fingerprint density at radius 3 is 2.21 bits per heavy atom. The molecule has 0 rings (SSSR count). The maximum atomic E-state index is 10.7. The minimum Gasteiger partial charge on any atom is -0.480 e. The zero-order valence-electron chi connectivity index (χ0n) is 7.69. The summed E-state index contributed by atoms with van der Waals surface area (Å²) in [5, 5.41) is 10.8. The highest BCUT2D eigenvalue weighted by Gasteiger charge is 2.26. The van der Waals surface area contributed by atoms with Crippen molar-refractivity contribution < 1.29 is 19.5 Å². The highest BCUT2D eigenvalue weighted by Crippen LogP contribution is 1.97. The third-order valence-corrected chi connectivity index (χ3v) is 1.53. The number of aliphatic carboxylic acids is 1. The molecule has 0 saturated carbocycles. The van der Waals surface area contributed by atoms with Gasteiger partial charge >= 0.3 is 5.97 Å². The van der Waals surface area contributed by atoms with Crippen LogP contribution in [-0.4, -0.2) is 35.0 Å². The van der Waals surface area contributed by atoms with E-state index in [1.165, 1.54) is 6.92 Å². The molecule has 0 radical (unpaired) electrons. The van der Waals surface area contributed by atoms with Crippen LogP contribution in [0.2, 0.25) is 0 Å². The van der Waals surface area contributed by atoms with Gasteiger partial charge in [0.15, 0.2) is 0 Å². The van der Waals surface area contributed by atoms with E-state index in [0.29, 0.717) is 0 Å². The van der Waals surface area contributed by atoms with Gasteiger partial charge in [0.1, 0.15) is 6.04 Å². The summed E-state index contributed by atoms with van der Waals surface area (Å²) in [6.07, 6.45) is -0.299. The third-order valence-electron chi connectivity index (χ3n) is 1.53. The highest BCUT2D eigenvalue weighted by atomic mass is 16.4. The zero-order chi connectivity index (χ0) is 11.3. The Hall–Kier alpha value is -1.63. The van der Waals surface area contributed by atoms with E-state index in [4.69, 9.17) is 16.6 Å². The van der Waals surface area contributed by atoms with Gasteiger partial charge in [-0.15, -0.1) is 0 Å². The Morgan fingerprint density at radius 2 is 1.93 bits per heavy atom. The molecule has 0 bridgehead atoms. The topological polar surface area (TPSA) is 136 Å². The maximum absolute atomic E-state index is 10.7. The van der Waals surface area contributed by atoms with Crippen molar-refractivity contribution in [2.45, 2.75) is 25.4 Å². The van der Waals surface area contributed by atoms with Crippen LogP contribution in [0.15, 0.2) is 0 Å². The second kappa shape index (κ2) is 5.18. The molecule has 2 atom stereocenters. The van der Waals surface area contributed by atoms with Gasteiger partial charge in [0.05, 0.1) is 6.04 Å². The molecule has 2 amide bonds. The van der Waals surface area contributed by atoms with Crippen molar-refractivity contribution in [1.82, 2.24) is 5.32 Å². The van der Waals surface area contributed by atoms with Gasteiger partial charge in [-0.2, -0.15) is 0 Å². The number of carbonyl (C=O) groups excluding carboxylic acids is 2. The van der Waals surface area contributed by atoms with E-state index in [9.17, 15) is 14.4 Å². The molecule has 0 aliphatic rings. The van der Waals surface area contributed by atoms with E-state index < -0.39 is 29.9 Å². The van der Waals surface area contributed by atoms with Gasteiger partial charge in [0, 0.05) is 13.3 Å². The van der Waals surface area contributed by atoms with Crippen molar-refractivity contribution in [3.05, 3.63) is 0 Å². The number of carboxylic acid groups (broad SMARTS) is 1. The van der Waals surface area contributed by atoms with E-state index in [1.807, 2.05) is 0 Å². The Balaban J connectivity index is 4.45. The fraction of sp³-hybridized carbons (Fsp3) is 0.571. The first kappa shape index (κ1) is 12.4. The maximum Gasteiger partial charge on any atom is 0.322 e. The lowest BCUT2D eigenvalue weighted by Gasteiger charge is -2.19. The lowest BCUT2D eigenvalue weighted by atomic mass is 10.1. The van der Waals surface area contributed by atoms with Crippen LogP contribution < -0.4 is 16.8 Å². The molecule has 0 aromatic rings.